The number of benzene rings is 2. The van der Waals surface area contributed by atoms with Gasteiger partial charge in [-0.3, -0.25) is 9.59 Å². The fourth-order valence-electron chi connectivity index (χ4n) is 2.92. The van der Waals surface area contributed by atoms with Crippen LogP contribution in [-0.4, -0.2) is 39.8 Å². The van der Waals surface area contributed by atoms with Gasteiger partial charge in [0.1, 0.15) is 0 Å². The summed E-state index contributed by atoms with van der Waals surface area (Å²) in [6, 6.07) is 15.9. The lowest BCUT2D eigenvalue weighted by atomic mass is 10.2. The van der Waals surface area contributed by atoms with E-state index in [1.165, 1.54) is 11.8 Å². The number of ether oxygens (including phenoxy) is 1. The Balaban J connectivity index is 1.44. The van der Waals surface area contributed by atoms with E-state index >= 15 is 0 Å². The van der Waals surface area contributed by atoms with Gasteiger partial charge in [0.15, 0.2) is 11.8 Å². The van der Waals surface area contributed by atoms with Crippen LogP contribution in [0.1, 0.15) is 18.4 Å². The van der Waals surface area contributed by atoms with E-state index in [0.717, 1.165) is 29.4 Å². The second kappa shape index (κ2) is 8.88. The normalized spacial score (nSPS) is 13.4. The zero-order valence-electron chi connectivity index (χ0n) is 15.6. The van der Waals surface area contributed by atoms with E-state index in [-0.39, 0.29) is 24.3 Å². The Morgan fingerprint density at radius 2 is 2.00 bits per heavy atom. The van der Waals surface area contributed by atoms with Gasteiger partial charge < -0.3 is 14.6 Å². The molecule has 29 heavy (non-hydrogen) atoms. The molecule has 0 atom stereocenters. The van der Waals surface area contributed by atoms with Gasteiger partial charge in [0.05, 0.1) is 23.3 Å². The fourth-order valence-corrected chi connectivity index (χ4v) is 3.90. The minimum Gasteiger partial charge on any atom is -0.455 e. The van der Waals surface area contributed by atoms with Crippen LogP contribution in [0.15, 0.2) is 53.7 Å². The number of aromatic nitrogens is 2. The summed E-state index contributed by atoms with van der Waals surface area (Å²) in [5.41, 5.74) is 2.84. The Labute approximate surface area is 177 Å². The Morgan fingerprint density at radius 1 is 1.21 bits per heavy atom. The first-order valence-corrected chi connectivity index (χ1v) is 10.7. The van der Waals surface area contributed by atoms with Gasteiger partial charge in [-0.2, -0.15) is 0 Å². The fraction of sp³-hybridized carbons (Fsp3) is 0.286. The number of carbonyl (C=O) groups is 2. The highest BCUT2D eigenvalue weighted by molar-refractivity contribution is 7.99. The smallest absolute Gasteiger partial charge is 0.316 e. The van der Waals surface area contributed by atoms with Crippen LogP contribution in [0.4, 0.5) is 0 Å². The first-order valence-electron chi connectivity index (χ1n) is 9.36. The molecule has 0 unspecified atom stereocenters. The van der Waals surface area contributed by atoms with Gasteiger partial charge in [0, 0.05) is 11.1 Å². The largest absolute Gasteiger partial charge is 0.455 e. The third kappa shape index (κ3) is 5.31. The second-order valence-corrected chi connectivity index (χ2v) is 8.27. The average molecular weight is 430 g/mol. The van der Waals surface area contributed by atoms with Crippen LogP contribution in [0.2, 0.25) is 5.02 Å². The maximum atomic E-state index is 12.1. The quantitative estimate of drug-likeness (QED) is 0.437. The van der Waals surface area contributed by atoms with E-state index in [1.807, 2.05) is 48.5 Å². The minimum absolute atomic E-state index is 0.0720. The van der Waals surface area contributed by atoms with Gasteiger partial charge in [0.2, 0.25) is 0 Å². The van der Waals surface area contributed by atoms with Gasteiger partial charge >= 0.3 is 5.97 Å². The molecule has 3 aromatic rings. The molecule has 0 aliphatic heterocycles. The molecular weight excluding hydrogens is 410 g/mol. The van der Waals surface area contributed by atoms with Crippen LogP contribution >= 0.6 is 23.4 Å². The van der Waals surface area contributed by atoms with Crippen LogP contribution < -0.4 is 5.32 Å². The zero-order valence-corrected chi connectivity index (χ0v) is 17.2. The lowest BCUT2D eigenvalue weighted by molar-refractivity contribution is -0.145. The molecule has 150 valence electrons. The van der Waals surface area contributed by atoms with E-state index in [9.17, 15) is 9.59 Å². The van der Waals surface area contributed by atoms with Crippen LogP contribution in [0.25, 0.3) is 11.0 Å². The molecule has 1 amide bonds. The Kier molecular flexibility index (Phi) is 6.06. The molecule has 1 saturated carbocycles. The molecule has 2 aromatic carbocycles. The predicted molar refractivity (Wildman–Crippen MR) is 113 cm³/mol. The molecule has 1 N–H and O–H groups in total. The summed E-state index contributed by atoms with van der Waals surface area (Å²) < 4.78 is 7.13. The topological polar surface area (TPSA) is 73.2 Å². The third-order valence-electron chi connectivity index (χ3n) is 4.48. The molecule has 1 aliphatic rings. The molecular formula is C21H20ClN3O3S. The highest BCUT2D eigenvalue weighted by Crippen LogP contribution is 2.27. The first kappa shape index (κ1) is 19.8. The maximum Gasteiger partial charge on any atom is 0.316 e. The van der Waals surface area contributed by atoms with Crippen LogP contribution in [0, 0.1) is 0 Å². The summed E-state index contributed by atoms with van der Waals surface area (Å²) in [6.45, 7) is 0.381. The minimum atomic E-state index is -0.447. The van der Waals surface area contributed by atoms with Crippen LogP contribution in [0.3, 0.4) is 0 Å². The van der Waals surface area contributed by atoms with Crippen molar-refractivity contribution in [2.75, 3.05) is 12.4 Å². The van der Waals surface area contributed by atoms with Crippen molar-refractivity contribution < 1.29 is 14.3 Å². The summed E-state index contributed by atoms with van der Waals surface area (Å²) in [5.74, 6) is -0.628. The van der Waals surface area contributed by atoms with E-state index in [2.05, 4.69) is 14.9 Å². The number of hydrogen-bond acceptors (Lipinski definition) is 5. The number of hydrogen-bond donors (Lipinski definition) is 1. The van der Waals surface area contributed by atoms with Gasteiger partial charge in [-0.15, -0.1) is 0 Å². The van der Waals surface area contributed by atoms with Gasteiger partial charge in [-0.25, -0.2) is 4.98 Å². The van der Waals surface area contributed by atoms with Crippen molar-refractivity contribution in [3.05, 3.63) is 59.1 Å². The van der Waals surface area contributed by atoms with E-state index < -0.39 is 5.97 Å². The van der Waals surface area contributed by atoms with Crippen molar-refractivity contribution in [2.24, 2.45) is 0 Å². The molecule has 0 spiro atoms. The Morgan fingerprint density at radius 3 is 2.76 bits per heavy atom. The van der Waals surface area contributed by atoms with E-state index in [4.69, 9.17) is 16.3 Å². The molecule has 1 aromatic heterocycles. The average Bonchev–Trinajstić information content (AvgIpc) is 3.47. The molecule has 6 nitrogen and oxygen atoms in total. The molecule has 1 fully saturated rings. The molecule has 4 rings (SSSR count). The van der Waals surface area contributed by atoms with Gasteiger partial charge in [-0.05, 0) is 36.6 Å². The number of amides is 1. The number of carbonyl (C=O) groups excluding carboxylic acids is 2. The monoisotopic (exact) mass is 429 g/mol. The Bertz CT molecular complexity index is 1030. The summed E-state index contributed by atoms with van der Waals surface area (Å²) >= 11 is 7.40. The number of esters is 1. The summed E-state index contributed by atoms with van der Waals surface area (Å²) in [6.07, 6.45) is 1.99. The van der Waals surface area contributed by atoms with Crippen molar-refractivity contribution in [1.29, 1.82) is 0 Å². The summed E-state index contributed by atoms with van der Waals surface area (Å²) in [5, 5.41) is 4.10. The summed E-state index contributed by atoms with van der Waals surface area (Å²) in [4.78, 5) is 28.4. The molecule has 1 heterocycles. The van der Waals surface area contributed by atoms with Crippen molar-refractivity contribution in [2.45, 2.75) is 30.6 Å². The third-order valence-corrected chi connectivity index (χ3v) is 5.67. The molecule has 8 heteroatoms. The zero-order chi connectivity index (χ0) is 20.2. The Hall–Kier alpha value is -2.51. The number of fused-ring (bicyclic) bond motifs is 1. The lowest BCUT2D eigenvalue weighted by Gasteiger charge is -2.09. The van der Waals surface area contributed by atoms with Gasteiger partial charge in [0.25, 0.3) is 5.91 Å². The molecule has 1 aliphatic carbocycles. The number of thioether (sulfide) groups is 1. The van der Waals surface area contributed by atoms with Crippen LogP contribution in [0.5, 0.6) is 0 Å². The number of halogens is 1. The highest BCUT2D eigenvalue weighted by Gasteiger charge is 2.23. The van der Waals surface area contributed by atoms with E-state index in [0.29, 0.717) is 16.7 Å². The molecule has 0 radical (unpaired) electrons. The SMILES string of the molecule is O=C(COC(=O)CSc1nc2cc(Cl)ccc2n1Cc1ccccc1)NC1CC1. The van der Waals surface area contributed by atoms with Crippen LogP contribution in [-0.2, 0) is 20.9 Å². The van der Waals surface area contributed by atoms with Crippen molar-refractivity contribution in [3.8, 4) is 0 Å². The second-order valence-electron chi connectivity index (χ2n) is 6.89. The number of nitrogens with one attached hydrogen (secondary N) is 1. The number of rotatable bonds is 8. The maximum absolute atomic E-state index is 12.1. The summed E-state index contributed by atoms with van der Waals surface area (Å²) in [7, 11) is 0. The van der Waals surface area contributed by atoms with Gasteiger partial charge in [-0.1, -0.05) is 53.7 Å². The van der Waals surface area contributed by atoms with Crippen molar-refractivity contribution in [1.82, 2.24) is 14.9 Å². The molecule has 0 bridgehead atoms. The predicted octanol–water partition coefficient (Wildman–Crippen LogP) is 3.65. The van der Waals surface area contributed by atoms with Crippen molar-refractivity contribution >= 4 is 46.3 Å². The van der Waals surface area contributed by atoms with Crippen molar-refractivity contribution in [3.63, 3.8) is 0 Å². The number of imidazole rings is 1. The molecule has 0 saturated heterocycles. The van der Waals surface area contributed by atoms with E-state index in [1.54, 1.807) is 0 Å². The lowest BCUT2D eigenvalue weighted by Crippen LogP contribution is -2.30. The first-order chi connectivity index (χ1) is 14.1. The standard InChI is InChI=1S/C21H20ClN3O3S/c22-15-6-9-18-17(10-15)24-21(25(18)11-14-4-2-1-3-5-14)29-13-20(27)28-12-19(26)23-16-7-8-16/h1-6,9-10,16H,7-8,11-13H2,(H,23,26). The number of nitrogens with zero attached hydrogens (tertiary/aromatic N) is 2. The highest BCUT2D eigenvalue weighted by atomic mass is 35.5.